The third-order valence-corrected chi connectivity index (χ3v) is 5.88. The quantitative estimate of drug-likeness (QED) is 0.505. The Bertz CT molecular complexity index is 1320. The molecular weight excluding hydrogens is 438 g/mol. The van der Waals surface area contributed by atoms with Gasteiger partial charge in [-0.3, -0.25) is 9.59 Å². The van der Waals surface area contributed by atoms with Gasteiger partial charge in [0, 0.05) is 37.0 Å². The minimum Gasteiger partial charge on any atom is -0.354 e. The molecule has 35 heavy (non-hydrogen) atoms. The SMILES string of the molecule is CN(C)CCC(=O)N(C)c1ccc(N/C(=C2\C(=O)Nc3cc(C#N)ccc32)c2ccccc2)cc1. The lowest BCUT2D eigenvalue weighted by molar-refractivity contribution is -0.118. The van der Waals surface area contributed by atoms with Gasteiger partial charge in [-0.1, -0.05) is 36.4 Å². The van der Waals surface area contributed by atoms with Gasteiger partial charge in [-0.15, -0.1) is 0 Å². The number of benzene rings is 3. The first kappa shape index (κ1) is 23.7. The van der Waals surface area contributed by atoms with Gasteiger partial charge >= 0.3 is 0 Å². The van der Waals surface area contributed by atoms with Crippen molar-refractivity contribution in [1.82, 2.24) is 4.90 Å². The van der Waals surface area contributed by atoms with Crippen LogP contribution in [0, 0.1) is 11.3 Å². The summed E-state index contributed by atoms with van der Waals surface area (Å²) in [5.41, 5.74) is 5.45. The summed E-state index contributed by atoms with van der Waals surface area (Å²) in [6.07, 6.45) is 0.440. The smallest absolute Gasteiger partial charge is 0.258 e. The van der Waals surface area contributed by atoms with Crippen LogP contribution in [-0.4, -0.2) is 44.4 Å². The minimum atomic E-state index is -0.232. The standard InChI is InChI=1S/C28H27N5O2/c1-32(2)16-15-25(34)33(3)22-12-10-21(11-13-22)30-27(20-7-5-4-6-8-20)26-23-14-9-19(18-29)17-24(23)31-28(26)35/h4-14,17,30H,15-16H2,1-3H3,(H,31,35)/b27-26-. The molecule has 0 radical (unpaired) electrons. The van der Waals surface area contributed by atoms with Gasteiger partial charge in [0.25, 0.3) is 5.91 Å². The van der Waals surface area contributed by atoms with E-state index in [1.807, 2.05) is 73.6 Å². The molecule has 3 aromatic carbocycles. The fraction of sp³-hybridized carbons (Fsp3) is 0.179. The zero-order valence-corrected chi connectivity index (χ0v) is 20.0. The molecular formula is C28H27N5O2. The Balaban J connectivity index is 1.67. The number of carbonyl (C=O) groups excluding carboxylic acids is 2. The average molecular weight is 466 g/mol. The number of anilines is 3. The van der Waals surface area contributed by atoms with E-state index in [1.54, 1.807) is 30.1 Å². The Morgan fingerprint density at radius 3 is 2.37 bits per heavy atom. The largest absolute Gasteiger partial charge is 0.354 e. The van der Waals surface area contributed by atoms with E-state index < -0.39 is 0 Å². The van der Waals surface area contributed by atoms with E-state index in [4.69, 9.17) is 0 Å². The van der Waals surface area contributed by atoms with Crippen LogP contribution < -0.4 is 15.5 Å². The van der Waals surface area contributed by atoms with Gasteiger partial charge in [0.05, 0.1) is 28.6 Å². The van der Waals surface area contributed by atoms with Crippen LogP contribution in [0.3, 0.4) is 0 Å². The maximum absolute atomic E-state index is 13.0. The Morgan fingerprint density at radius 2 is 1.71 bits per heavy atom. The number of nitriles is 1. The molecule has 0 unspecified atom stereocenters. The molecule has 3 aromatic rings. The molecule has 0 saturated heterocycles. The van der Waals surface area contributed by atoms with Crippen molar-refractivity contribution in [3.8, 4) is 6.07 Å². The van der Waals surface area contributed by atoms with Crippen LogP contribution in [-0.2, 0) is 9.59 Å². The number of amides is 2. The summed E-state index contributed by atoms with van der Waals surface area (Å²) in [4.78, 5) is 29.1. The van der Waals surface area contributed by atoms with Crippen LogP contribution in [0.4, 0.5) is 17.1 Å². The molecule has 7 heteroatoms. The van der Waals surface area contributed by atoms with E-state index in [2.05, 4.69) is 16.7 Å². The van der Waals surface area contributed by atoms with E-state index in [0.29, 0.717) is 35.5 Å². The summed E-state index contributed by atoms with van der Waals surface area (Å²) in [5, 5.41) is 15.5. The van der Waals surface area contributed by atoms with Crippen molar-refractivity contribution >= 4 is 40.1 Å². The first-order valence-corrected chi connectivity index (χ1v) is 11.3. The van der Waals surface area contributed by atoms with E-state index in [1.165, 1.54) is 0 Å². The third-order valence-electron chi connectivity index (χ3n) is 5.88. The van der Waals surface area contributed by atoms with Crippen molar-refractivity contribution in [2.45, 2.75) is 6.42 Å². The van der Waals surface area contributed by atoms with E-state index in [9.17, 15) is 14.9 Å². The molecule has 0 fully saturated rings. The van der Waals surface area contributed by atoms with Gasteiger partial charge in [-0.2, -0.15) is 5.26 Å². The highest BCUT2D eigenvalue weighted by molar-refractivity contribution is 6.37. The van der Waals surface area contributed by atoms with Crippen LogP contribution in [0.2, 0.25) is 0 Å². The van der Waals surface area contributed by atoms with Crippen molar-refractivity contribution < 1.29 is 9.59 Å². The van der Waals surface area contributed by atoms with Gasteiger partial charge in [0.2, 0.25) is 5.91 Å². The molecule has 2 N–H and O–H groups in total. The first-order valence-electron chi connectivity index (χ1n) is 11.3. The fourth-order valence-corrected chi connectivity index (χ4v) is 3.92. The van der Waals surface area contributed by atoms with Gasteiger partial charge < -0.3 is 20.4 Å². The number of fused-ring (bicyclic) bond motifs is 1. The fourth-order valence-electron chi connectivity index (χ4n) is 3.92. The molecule has 0 atom stereocenters. The van der Waals surface area contributed by atoms with Crippen LogP contribution >= 0.6 is 0 Å². The number of hydrogen-bond donors (Lipinski definition) is 2. The van der Waals surface area contributed by atoms with Crippen molar-refractivity contribution in [2.24, 2.45) is 0 Å². The Labute approximate surface area is 205 Å². The highest BCUT2D eigenvalue weighted by atomic mass is 16.2. The molecule has 1 aliphatic heterocycles. The molecule has 0 spiro atoms. The lowest BCUT2D eigenvalue weighted by atomic mass is 9.99. The van der Waals surface area contributed by atoms with Crippen molar-refractivity contribution in [3.05, 3.63) is 89.5 Å². The highest BCUT2D eigenvalue weighted by Gasteiger charge is 2.28. The normalized spacial score (nSPS) is 13.6. The molecule has 0 aromatic heterocycles. The van der Waals surface area contributed by atoms with E-state index >= 15 is 0 Å². The Hall–Kier alpha value is -4.41. The lowest BCUT2D eigenvalue weighted by Gasteiger charge is -2.20. The third kappa shape index (κ3) is 5.24. The van der Waals surface area contributed by atoms with Gasteiger partial charge in [-0.25, -0.2) is 0 Å². The minimum absolute atomic E-state index is 0.0440. The molecule has 0 bridgehead atoms. The molecule has 176 valence electrons. The number of nitrogens with one attached hydrogen (secondary N) is 2. The number of rotatable bonds is 7. The van der Waals surface area contributed by atoms with Crippen LogP contribution in [0.5, 0.6) is 0 Å². The topological polar surface area (TPSA) is 88.5 Å². The molecule has 1 heterocycles. The zero-order chi connectivity index (χ0) is 24.9. The lowest BCUT2D eigenvalue weighted by Crippen LogP contribution is -2.29. The first-order chi connectivity index (χ1) is 16.9. The van der Waals surface area contributed by atoms with Crippen LogP contribution in [0.15, 0.2) is 72.8 Å². The van der Waals surface area contributed by atoms with Crippen molar-refractivity contribution in [2.75, 3.05) is 43.2 Å². The average Bonchev–Trinajstić information content (AvgIpc) is 3.20. The maximum Gasteiger partial charge on any atom is 0.258 e. The van der Waals surface area contributed by atoms with Crippen LogP contribution in [0.1, 0.15) is 23.1 Å². The van der Waals surface area contributed by atoms with Gasteiger partial charge in [0.1, 0.15) is 0 Å². The number of carbonyl (C=O) groups is 2. The number of nitrogens with zero attached hydrogens (tertiary/aromatic N) is 3. The summed E-state index contributed by atoms with van der Waals surface area (Å²) in [6, 6.07) is 24.5. The predicted octanol–water partition coefficient (Wildman–Crippen LogP) is 4.41. The van der Waals surface area contributed by atoms with Crippen LogP contribution in [0.25, 0.3) is 11.3 Å². The summed E-state index contributed by atoms with van der Waals surface area (Å²) in [7, 11) is 5.66. The van der Waals surface area contributed by atoms with E-state index in [0.717, 1.165) is 22.5 Å². The molecule has 1 aliphatic rings. The summed E-state index contributed by atoms with van der Waals surface area (Å²) in [5.74, 6) is -0.188. The molecule has 2 amide bonds. The van der Waals surface area contributed by atoms with E-state index in [-0.39, 0.29) is 11.8 Å². The zero-order valence-electron chi connectivity index (χ0n) is 20.0. The van der Waals surface area contributed by atoms with Crippen molar-refractivity contribution in [3.63, 3.8) is 0 Å². The number of hydrogen-bond acceptors (Lipinski definition) is 5. The summed E-state index contributed by atoms with van der Waals surface area (Å²) < 4.78 is 0. The summed E-state index contributed by atoms with van der Waals surface area (Å²) in [6.45, 7) is 0.691. The molecule has 4 rings (SSSR count). The van der Waals surface area contributed by atoms with Crippen molar-refractivity contribution in [1.29, 1.82) is 5.26 Å². The van der Waals surface area contributed by atoms with Gasteiger partial charge in [-0.05, 0) is 56.1 Å². The molecule has 0 saturated carbocycles. The Kier molecular flexibility index (Phi) is 6.95. The predicted molar refractivity (Wildman–Crippen MR) is 140 cm³/mol. The van der Waals surface area contributed by atoms with Gasteiger partial charge in [0.15, 0.2) is 0 Å². The second kappa shape index (κ2) is 10.2. The maximum atomic E-state index is 13.0. The molecule has 7 nitrogen and oxygen atoms in total. The second-order valence-electron chi connectivity index (χ2n) is 8.62. The Morgan fingerprint density at radius 1 is 1.00 bits per heavy atom. The molecule has 0 aliphatic carbocycles. The highest BCUT2D eigenvalue weighted by Crippen LogP contribution is 2.38. The summed E-state index contributed by atoms with van der Waals surface area (Å²) >= 11 is 0. The monoisotopic (exact) mass is 465 g/mol. The second-order valence-corrected chi connectivity index (χ2v) is 8.62.